The topological polar surface area (TPSA) is 79.2 Å². The molecule has 0 saturated carbocycles. The van der Waals surface area contributed by atoms with Gasteiger partial charge in [-0.2, -0.15) is 0 Å². The summed E-state index contributed by atoms with van der Waals surface area (Å²) in [7, 11) is 0. The molecule has 2 rings (SSSR count). The molecule has 1 aliphatic rings. The normalized spacial score (nSPS) is 24.0. The summed E-state index contributed by atoms with van der Waals surface area (Å²) in [6.07, 6.45) is 3.28. The molecule has 0 aliphatic carbocycles. The summed E-state index contributed by atoms with van der Waals surface area (Å²) in [6, 6.07) is 1.87. The summed E-state index contributed by atoms with van der Waals surface area (Å²) in [4.78, 5) is 28.2. The largest absolute Gasteiger partial charge is 0.369 e. The van der Waals surface area contributed by atoms with Crippen LogP contribution in [-0.2, 0) is 4.79 Å². The van der Waals surface area contributed by atoms with Crippen molar-refractivity contribution in [3.05, 3.63) is 22.4 Å². The summed E-state index contributed by atoms with van der Waals surface area (Å²) in [5, 5.41) is 0. The summed E-state index contributed by atoms with van der Waals surface area (Å²) in [6.45, 7) is 2.40. The van der Waals surface area contributed by atoms with Gasteiger partial charge in [0.05, 0.1) is 5.92 Å². The van der Waals surface area contributed by atoms with Gasteiger partial charge in [0.15, 0.2) is 0 Å². The van der Waals surface area contributed by atoms with Crippen LogP contribution in [-0.4, -0.2) is 34.3 Å². The van der Waals surface area contributed by atoms with Crippen LogP contribution in [0.25, 0.3) is 0 Å². The average molecular weight is 314 g/mol. The van der Waals surface area contributed by atoms with Gasteiger partial charge < -0.3 is 15.6 Å². The molecule has 1 aromatic heterocycles. The molecule has 5 nitrogen and oxygen atoms in total. The monoisotopic (exact) mass is 313 g/mol. The van der Waals surface area contributed by atoms with Crippen LogP contribution in [0.5, 0.6) is 0 Å². The van der Waals surface area contributed by atoms with Gasteiger partial charge in [-0.3, -0.25) is 9.59 Å². The van der Waals surface area contributed by atoms with Crippen molar-refractivity contribution in [2.45, 2.75) is 25.8 Å². The number of H-pyrrole nitrogens is 1. The Kier molecular flexibility index (Phi) is 3.75. The molecule has 0 aromatic carbocycles. The van der Waals surface area contributed by atoms with Gasteiger partial charge in [0.1, 0.15) is 5.69 Å². The fourth-order valence-corrected chi connectivity index (χ4v) is 2.61. The minimum absolute atomic E-state index is 0.0841. The fourth-order valence-electron chi connectivity index (χ4n) is 2.27. The van der Waals surface area contributed by atoms with Gasteiger partial charge in [-0.1, -0.05) is 0 Å². The first-order chi connectivity index (χ1) is 8.49. The second-order valence-electron chi connectivity index (χ2n) is 4.71. The molecular weight excluding hydrogens is 298 g/mol. The number of rotatable bonds is 2. The first-order valence-electron chi connectivity index (χ1n) is 5.93. The Morgan fingerprint density at radius 3 is 2.78 bits per heavy atom. The lowest BCUT2D eigenvalue weighted by Crippen LogP contribution is -2.48. The number of nitrogens with two attached hydrogens (primary N) is 1. The van der Waals surface area contributed by atoms with E-state index in [1.54, 1.807) is 17.2 Å². The maximum absolute atomic E-state index is 12.3. The zero-order valence-electron chi connectivity index (χ0n) is 10.1. The Morgan fingerprint density at radius 1 is 1.50 bits per heavy atom. The second-order valence-corrected chi connectivity index (χ2v) is 5.63. The van der Waals surface area contributed by atoms with Crippen molar-refractivity contribution in [3.63, 3.8) is 0 Å². The number of carbonyl (C=O) groups excluding carboxylic acids is 2. The van der Waals surface area contributed by atoms with E-state index in [1.807, 2.05) is 6.92 Å². The first-order valence-corrected chi connectivity index (χ1v) is 6.72. The Balaban J connectivity index is 2.15. The third kappa shape index (κ3) is 2.58. The van der Waals surface area contributed by atoms with Crippen LogP contribution in [0, 0.1) is 5.92 Å². The van der Waals surface area contributed by atoms with Crippen LogP contribution >= 0.6 is 15.9 Å². The fraction of sp³-hybridized carbons (Fsp3) is 0.500. The summed E-state index contributed by atoms with van der Waals surface area (Å²) in [5.74, 6) is -0.643. The first kappa shape index (κ1) is 13.1. The zero-order valence-corrected chi connectivity index (χ0v) is 11.7. The summed E-state index contributed by atoms with van der Waals surface area (Å²) >= 11 is 3.30. The number of aromatic amines is 1. The SMILES string of the molecule is C[C@@H]1CC[C@H](C(N)=O)CN1C(=O)c1cc(Br)c[nH]1. The molecule has 0 unspecified atom stereocenters. The smallest absolute Gasteiger partial charge is 0.270 e. The lowest BCUT2D eigenvalue weighted by molar-refractivity contribution is -0.123. The number of nitrogens with one attached hydrogen (secondary N) is 1. The Hall–Kier alpha value is -1.30. The number of primary amides is 1. The maximum Gasteiger partial charge on any atom is 0.270 e. The lowest BCUT2D eigenvalue weighted by Gasteiger charge is -2.36. The van der Waals surface area contributed by atoms with Crippen molar-refractivity contribution in [2.75, 3.05) is 6.54 Å². The van der Waals surface area contributed by atoms with Crippen LogP contribution in [0.15, 0.2) is 16.7 Å². The van der Waals surface area contributed by atoms with Crippen LogP contribution in [0.2, 0.25) is 0 Å². The summed E-state index contributed by atoms with van der Waals surface area (Å²) in [5.41, 5.74) is 5.85. The van der Waals surface area contributed by atoms with E-state index >= 15 is 0 Å². The highest BCUT2D eigenvalue weighted by atomic mass is 79.9. The van der Waals surface area contributed by atoms with E-state index in [2.05, 4.69) is 20.9 Å². The predicted molar refractivity (Wildman–Crippen MR) is 70.9 cm³/mol. The summed E-state index contributed by atoms with van der Waals surface area (Å²) < 4.78 is 0.835. The third-order valence-electron chi connectivity index (χ3n) is 3.42. The lowest BCUT2D eigenvalue weighted by atomic mass is 9.92. The predicted octanol–water partition coefficient (Wildman–Crippen LogP) is 1.50. The van der Waals surface area contributed by atoms with Crippen LogP contribution in [0.3, 0.4) is 0 Å². The second kappa shape index (κ2) is 5.14. The highest BCUT2D eigenvalue weighted by Crippen LogP contribution is 2.24. The number of amides is 2. The van der Waals surface area contributed by atoms with E-state index in [9.17, 15) is 9.59 Å². The Labute approximate surface area is 114 Å². The molecule has 18 heavy (non-hydrogen) atoms. The number of hydrogen-bond donors (Lipinski definition) is 2. The van der Waals surface area contributed by atoms with Gasteiger partial charge in [-0.15, -0.1) is 0 Å². The van der Waals surface area contributed by atoms with Crippen molar-refractivity contribution in [1.82, 2.24) is 9.88 Å². The van der Waals surface area contributed by atoms with E-state index < -0.39 is 0 Å². The van der Waals surface area contributed by atoms with Crippen molar-refractivity contribution >= 4 is 27.7 Å². The molecule has 2 heterocycles. The van der Waals surface area contributed by atoms with Crippen molar-refractivity contribution < 1.29 is 9.59 Å². The van der Waals surface area contributed by atoms with Gasteiger partial charge in [0.25, 0.3) is 5.91 Å². The van der Waals surface area contributed by atoms with Crippen LogP contribution in [0.4, 0.5) is 0 Å². The van der Waals surface area contributed by atoms with Crippen molar-refractivity contribution in [2.24, 2.45) is 11.7 Å². The molecule has 3 N–H and O–H groups in total. The standard InChI is InChI=1S/C12H16BrN3O2/c1-7-2-3-8(11(14)17)6-16(7)12(18)10-4-9(13)5-15-10/h4-5,7-8,15H,2-3,6H2,1H3,(H2,14,17)/t7-,8+/m1/s1. The number of halogens is 1. The number of carbonyl (C=O) groups is 2. The molecule has 1 aliphatic heterocycles. The number of piperidine rings is 1. The van der Waals surface area contributed by atoms with Gasteiger partial charge in [-0.05, 0) is 41.8 Å². The molecular formula is C12H16BrN3O2. The molecule has 0 spiro atoms. The highest BCUT2D eigenvalue weighted by molar-refractivity contribution is 9.10. The van der Waals surface area contributed by atoms with Crippen molar-refractivity contribution in [3.8, 4) is 0 Å². The highest BCUT2D eigenvalue weighted by Gasteiger charge is 2.32. The van der Waals surface area contributed by atoms with E-state index in [-0.39, 0.29) is 23.8 Å². The number of aromatic nitrogens is 1. The van der Waals surface area contributed by atoms with Gasteiger partial charge >= 0.3 is 0 Å². The van der Waals surface area contributed by atoms with E-state index in [0.29, 0.717) is 12.2 Å². The zero-order chi connectivity index (χ0) is 13.3. The van der Waals surface area contributed by atoms with E-state index in [4.69, 9.17) is 5.73 Å². The molecule has 0 bridgehead atoms. The molecule has 1 aromatic rings. The number of nitrogens with zero attached hydrogens (tertiary/aromatic N) is 1. The van der Waals surface area contributed by atoms with E-state index in [0.717, 1.165) is 17.3 Å². The van der Waals surface area contributed by atoms with Crippen molar-refractivity contribution in [1.29, 1.82) is 0 Å². The van der Waals surface area contributed by atoms with Gasteiger partial charge in [-0.25, -0.2) is 0 Å². The number of likely N-dealkylation sites (tertiary alicyclic amines) is 1. The molecule has 98 valence electrons. The maximum atomic E-state index is 12.3. The minimum atomic E-state index is -0.327. The third-order valence-corrected chi connectivity index (χ3v) is 3.88. The van der Waals surface area contributed by atoms with Gasteiger partial charge in [0.2, 0.25) is 5.91 Å². The average Bonchev–Trinajstić information content (AvgIpc) is 2.75. The van der Waals surface area contributed by atoms with Gasteiger partial charge in [0, 0.05) is 23.3 Å². The molecule has 6 heteroatoms. The Morgan fingerprint density at radius 2 is 2.22 bits per heavy atom. The molecule has 2 atom stereocenters. The van der Waals surface area contributed by atoms with Crippen LogP contribution < -0.4 is 5.73 Å². The Bertz CT molecular complexity index is 472. The molecule has 2 amide bonds. The van der Waals surface area contributed by atoms with E-state index in [1.165, 1.54) is 0 Å². The molecule has 0 radical (unpaired) electrons. The molecule has 1 saturated heterocycles. The number of hydrogen-bond acceptors (Lipinski definition) is 2. The minimum Gasteiger partial charge on any atom is -0.369 e. The van der Waals surface area contributed by atoms with Crippen LogP contribution in [0.1, 0.15) is 30.3 Å². The quantitative estimate of drug-likeness (QED) is 0.867. The molecule has 1 fully saturated rings.